The van der Waals surface area contributed by atoms with E-state index in [1.54, 1.807) is 12.1 Å². The van der Waals surface area contributed by atoms with E-state index in [1.165, 1.54) is 18.3 Å². The third-order valence-electron chi connectivity index (χ3n) is 3.70. The number of benzene rings is 1. The Morgan fingerprint density at radius 1 is 1.30 bits per heavy atom. The zero-order valence-corrected chi connectivity index (χ0v) is 14.7. The van der Waals surface area contributed by atoms with Gasteiger partial charge in [0.1, 0.15) is 5.82 Å². The fourth-order valence-electron chi connectivity index (χ4n) is 2.16. The number of nitro benzene ring substituents is 1. The number of ether oxygens (including phenoxy) is 1. The summed E-state index contributed by atoms with van der Waals surface area (Å²) in [5.74, 6) is -0.710. The molecule has 9 nitrogen and oxygen atoms in total. The third-order valence-corrected chi connectivity index (χ3v) is 4.03. The molecule has 1 fully saturated rings. The third kappa shape index (κ3) is 5.14. The molecule has 3 rings (SSSR count). The average Bonchev–Trinajstić information content (AvgIpc) is 3.46. The highest BCUT2D eigenvalue weighted by Gasteiger charge is 2.21. The van der Waals surface area contributed by atoms with Crippen molar-refractivity contribution in [2.75, 3.05) is 17.2 Å². The lowest BCUT2D eigenvalue weighted by Crippen LogP contribution is -2.21. The number of halogens is 1. The maximum Gasteiger partial charge on any atom is 0.340 e. The van der Waals surface area contributed by atoms with Crippen molar-refractivity contribution in [3.05, 3.63) is 57.2 Å². The first-order chi connectivity index (χ1) is 12.9. The fourth-order valence-corrected chi connectivity index (χ4v) is 2.32. The van der Waals surface area contributed by atoms with E-state index in [1.807, 2.05) is 0 Å². The number of nitrogens with one attached hydrogen (secondary N) is 2. The molecule has 0 atom stereocenters. The fraction of sp³-hybridized carbons (Fsp3) is 0.235. The van der Waals surface area contributed by atoms with Crippen LogP contribution in [0.4, 0.5) is 17.2 Å². The largest absolute Gasteiger partial charge is 0.452 e. The minimum Gasteiger partial charge on any atom is -0.452 e. The Balaban J connectivity index is 1.53. The van der Waals surface area contributed by atoms with Crippen LogP contribution in [0.15, 0.2) is 36.5 Å². The summed E-state index contributed by atoms with van der Waals surface area (Å²) in [7, 11) is 0. The van der Waals surface area contributed by atoms with Crippen LogP contribution < -0.4 is 10.6 Å². The second-order valence-corrected chi connectivity index (χ2v) is 6.30. The highest BCUT2D eigenvalue weighted by molar-refractivity contribution is 6.33. The van der Waals surface area contributed by atoms with Crippen molar-refractivity contribution in [2.45, 2.75) is 18.9 Å². The molecule has 27 heavy (non-hydrogen) atoms. The number of carbonyl (C=O) groups excluding carboxylic acids is 2. The van der Waals surface area contributed by atoms with Gasteiger partial charge >= 0.3 is 5.97 Å². The maximum absolute atomic E-state index is 12.0. The van der Waals surface area contributed by atoms with E-state index in [0.717, 1.165) is 18.9 Å². The molecule has 1 aromatic carbocycles. The first-order valence-electron chi connectivity index (χ1n) is 8.06. The number of carbonyl (C=O) groups is 2. The van der Waals surface area contributed by atoms with Crippen molar-refractivity contribution in [2.24, 2.45) is 0 Å². The number of aromatic nitrogens is 1. The van der Waals surface area contributed by atoms with Gasteiger partial charge in [-0.15, -0.1) is 0 Å². The molecule has 0 bridgehead atoms. The predicted octanol–water partition coefficient (Wildman–Crippen LogP) is 3.01. The Morgan fingerprint density at radius 2 is 2.07 bits per heavy atom. The van der Waals surface area contributed by atoms with Crippen LogP contribution >= 0.6 is 11.6 Å². The highest BCUT2D eigenvalue weighted by Crippen LogP contribution is 2.26. The predicted molar refractivity (Wildman–Crippen MR) is 97.9 cm³/mol. The van der Waals surface area contributed by atoms with Crippen LogP contribution in [0.1, 0.15) is 23.2 Å². The van der Waals surface area contributed by atoms with E-state index in [4.69, 9.17) is 16.3 Å². The zero-order chi connectivity index (χ0) is 19.4. The van der Waals surface area contributed by atoms with Gasteiger partial charge in [-0.25, -0.2) is 9.78 Å². The number of nitro groups is 1. The molecule has 1 aliphatic carbocycles. The summed E-state index contributed by atoms with van der Waals surface area (Å²) >= 11 is 5.90. The molecule has 1 heterocycles. The van der Waals surface area contributed by atoms with Gasteiger partial charge in [-0.3, -0.25) is 14.9 Å². The summed E-state index contributed by atoms with van der Waals surface area (Å²) in [5, 5.41) is 16.5. The molecule has 0 aliphatic heterocycles. The number of amides is 1. The smallest absolute Gasteiger partial charge is 0.340 e. The van der Waals surface area contributed by atoms with Gasteiger partial charge in [0.25, 0.3) is 11.6 Å². The number of anilines is 2. The normalized spacial score (nSPS) is 12.9. The van der Waals surface area contributed by atoms with Crippen molar-refractivity contribution in [1.82, 2.24) is 4.98 Å². The number of hydrogen-bond donors (Lipinski definition) is 2. The van der Waals surface area contributed by atoms with Gasteiger partial charge in [0.15, 0.2) is 6.61 Å². The summed E-state index contributed by atoms with van der Waals surface area (Å²) in [4.78, 5) is 38.2. The summed E-state index contributed by atoms with van der Waals surface area (Å²) in [6.07, 6.45) is 3.58. The number of rotatable bonds is 7. The summed E-state index contributed by atoms with van der Waals surface area (Å²) in [5.41, 5.74) is 0.0410. The van der Waals surface area contributed by atoms with Gasteiger partial charge < -0.3 is 15.4 Å². The molecule has 1 saturated carbocycles. The molecule has 0 saturated heterocycles. The monoisotopic (exact) mass is 390 g/mol. The highest BCUT2D eigenvalue weighted by atomic mass is 35.5. The molecule has 140 valence electrons. The van der Waals surface area contributed by atoms with E-state index in [2.05, 4.69) is 15.6 Å². The van der Waals surface area contributed by atoms with Gasteiger partial charge in [0.2, 0.25) is 0 Å². The van der Waals surface area contributed by atoms with Crippen LogP contribution in [-0.2, 0) is 9.53 Å². The molecule has 1 amide bonds. The van der Waals surface area contributed by atoms with Gasteiger partial charge in [-0.2, -0.15) is 0 Å². The van der Waals surface area contributed by atoms with Crippen molar-refractivity contribution in [3.63, 3.8) is 0 Å². The van der Waals surface area contributed by atoms with E-state index in [0.29, 0.717) is 11.9 Å². The molecule has 1 aliphatic rings. The van der Waals surface area contributed by atoms with Crippen LogP contribution in [-0.4, -0.2) is 34.4 Å². The SMILES string of the molecule is O=C(COC(=O)c1ccc(NC2CC2)nc1)Nc1cc([N+](=O)[O-])ccc1Cl. The van der Waals surface area contributed by atoms with Crippen LogP contribution in [0, 0.1) is 10.1 Å². The van der Waals surface area contributed by atoms with E-state index < -0.39 is 23.4 Å². The zero-order valence-electron chi connectivity index (χ0n) is 14.0. The van der Waals surface area contributed by atoms with Crippen LogP contribution in [0.5, 0.6) is 0 Å². The molecular weight excluding hydrogens is 376 g/mol. The summed E-state index contributed by atoms with van der Waals surface area (Å²) < 4.78 is 4.92. The number of esters is 1. The Labute approximate surface area is 158 Å². The quantitative estimate of drug-likeness (QED) is 0.423. The van der Waals surface area contributed by atoms with Gasteiger partial charge in [-0.05, 0) is 31.0 Å². The second-order valence-electron chi connectivity index (χ2n) is 5.90. The number of nitrogens with zero attached hydrogens (tertiary/aromatic N) is 2. The standard InChI is InChI=1S/C17H15ClN4O5/c18-13-5-4-12(22(25)26)7-14(13)21-16(23)9-27-17(24)10-1-6-15(19-8-10)20-11-2-3-11/h1,4-8,11H,2-3,9H2,(H,19,20)(H,21,23). The van der Waals surface area contributed by atoms with Crippen molar-refractivity contribution in [1.29, 1.82) is 0 Å². The van der Waals surface area contributed by atoms with E-state index in [9.17, 15) is 19.7 Å². The topological polar surface area (TPSA) is 123 Å². The van der Waals surface area contributed by atoms with Gasteiger partial charge in [-0.1, -0.05) is 11.6 Å². The minimum atomic E-state index is -0.708. The van der Waals surface area contributed by atoms with E-state index in [-0.39, 0.29) is 22.0 Å². The maximum atomic E-state index is 12.0. The van der Waals surface area contributed by atoms with Crippen molar-refractivity contribution in [3.8, 4) is 0 Å². The summed E-state index contributed by atoms with van der Waals surface area (Å²) in [6, 6.07) is 7.29. The lowest BCUT2D eigenvalue weighted by atomic mass is 10.2. The molecule has 10 heteroatoms. The average molecular weight is 391 g/mol. The molecule has 2 aromatic rings. The van der Waals surface area contributed by atoms with E-state index >= 15 is 0 Å². The number of pyridine rings is 1. The lowest BCUT2D eigenvalue weighted by molar-refractivity contribution is -0.384. The lowest BCUT2D eigenvalue weighted by Gasteiger charge is -2.08. The van der Waals surface area contributed by atoms with Crippen LogP contribution in [0.2, 0.25) is 5.02 Å². The molecule has 0 spiro atoms. The number of hydrogen-bond acceptors (Lipinski definition) is 7. The van der Waals surface area contributed by atoms with Crippen LogP contribution in [0.25, 0.3) is 0 Å². The van der Waals surface area contributed by atoms with Gasteiger partial charge in [0.05, 0.1) is 21.2 Å². The summed E-state index contributed by atoms with van der Waals surface area (Å²) in [6.45, 7) is -0.570. The second kappa shape index (κ2) is 8.00. The molecule has 0 radical (unpaired) electrons. The van der Waals surface area contributed by atoms with Crippen molar-refractivity contribution >= 4 is 40.7 Å². The molecule has 1 aromatic heterocycles. The Hall–Kier alpha value is -3.20. The molecule has 2 N–H and O–H groups in total. The first kappa shape index (κ1) is 18.6. The Morgan fingerprint density at radius 3 is 2.70 bits per heavy atom. The Kier molecular flexibility index (Phi) is 5.51. The van der Waals surface area contributed by atoms with Crippen molar-refractivity contribution < 1.29 is 19.2 Å². The number of non-ortho nitro benzene ring substituents is 1. The first-order valence-corrected chi connectivity index (χ1v) is 8.43. The Bertz CT molecular complexity index is 883. The molecular formula is C17H15ClN4O5. The van der Waals surface area contributed by atoms with Gasteiger partial charge in [0, 0.05) is 24.4 Å². The minimum absolute atomic E-state index is 0.0593. The molecule has 0 unspecified atom stereocenters. The van der Waals surface area contributed by atoms with Crippen LogP contribution in [0.3, 0.4) is 0 Å².